The highest BCUT2D eigenvalue weighted by Crippen LogP contribution is 2.20. The van der Waals surface area contributed by atoms with Crippen molar-refractivity contribution in [2.24, 2.45) is 0 Å². The van der Waals surface area contributed by atoms with Gasteiger partial charge >= 0.3 is 0 Å². The molecule has 0 aliphatic carbocycles. The number of benzene rings is 1. The predicted molar refractivity (Wildman–Crippen MR) is 102 cm³/mol. The van der Waals surface area contributed by atoms with E-state index in [9.17, 15) is 14.9 Å². The molecule has 0 saturated carbocycles. The molecule has 1 aromatic carbocycles. The highest BCUT2D eigenvalue weighted by atomic mass is 35.5. The van der Waals surface area contributed by atoms with E-state index >= 15 is 0 Å². The molecule has 2 aromatic rings. The van der Waals surface area contributed by atoms with Gasteiger partial charge < -0.3 is 15.5 Å². The van der Waals surface area contributed by atoms with Crippen LogP contribution in [0.25, 0.3) is 0 Å². The van der Waals surface area contributed by atoms with E-state index in [1.54, 1.807) is 12.1 Å². The third-order valence-electron chi connectivity index (χ3n) is 4.15. The Balaban J connectivity index is 1.51. The first-order chi connectivity index (χ1) is 13.0. The van der Waals surface area contributed by atoms with Crippen molar-refractivity contribution in [1.82, 2.24) is 15.3 Å². The molecule has 1 amide bonds. The van der Waals surface area contributed by atoms with E-state index in [2.05, 4.69) is 20.6 Å². The monoisotopic (exact) mass is 390 g/mol. The van der Waals surface area contributed by atoms with Gasteiger partial charge in [-0.05, 0) is 25.0 Å². The molecule has 1 aliphatic heterocycles. The summed E-state index contributed by atoms with van der Waals surface area (Å²) in [6.07, 6.45) is 3.62. The number of nitrogens with zero attached hydrogens (tertiary/aromatic N) is 4. The molecule has 1 saturated heterocycles. The van der Waals surface area contributed by atoms with Gasteiger partial charge in [-0.2, -0.15) is 0 Å². The van der Waals surface area contributed by atoms with Gasteiger partial charge in [-0.15, -0.1) is 0 Å². The van der Waals surface area contributed by atoms with Gasteiger partial charge in [0.05, 0.1) is 16.1 Å². The van der Waals surface area contributed by atoms with Gasteiger partial charge in [0.1, 0.15) is 0 Å². The molecule has 27 heavy (non-hydrogen) atoms. The smallest absolute Gasteiger partial charge is 0.271 e. The average molecular weight is 391 g/mol. The Hall–Kier alpha value is -2.94. The zero-order chi connectivity index (χ0) is 19.2. The maximum absolute atomic E-state index is 12.4. The van der Waals surface area contributed by atoms with Crippen molar-refractivity contribution < 1.29 is 9.72 Å². The number of carbonyl (C=O) groups excluding carboxylic acids is 1. The van der Waals surface area contributed by atoms with E-state index in [1.807, 2.05) is 4.90 Å². The second-order valence-electron chi connectivity index (χ2n) is 6.05. The maximum atomic E-state index is 12.4. The summed E-state index contributed by atoms with van der Waals surface area (Å²) in [7, 11) is 0. The second-order valence-corrected chi connectivity index (χ2v) is 6.45. The van der Waals surface area contributed by atoms with E-state index in [4.69, 9.17) is 11.6 Å². The fourth-order valence-corrected chi connectivity index (χ4v) is 2.93. The average Bonchev–Trinajstić information content (AvgIpc) is 3.20. The number of non-ortho nitro benzene ring substituents is 1. The third kappa shape index (κ3) is 4.82. The van der Waals surface area contributed by atoms with E-state index < -0.39 is 4.92 Å². The number of nitro groups is 1. The summed E-state index contributed by atoms with van der Waals surface area (Å²) in [5, 5.41) is 16.7. The molecule has 0 radical (unpaired) electrons. The Morgan fingerprint density at radius 2 is 1.93 bits per heavy atom. The molecule has 2 heterocycles. The summed E-state index contributed by atoms with van der Waals surface area (Å²) in [4.78, 5) is 33.1. The molecule has 9 nitrogen and oxygen atoms in total. The Labute approximate surface area is 160 Å². The first-order valence-corrected chi connectivity index (χ1v) is 8.96. The Bertz CT molecular complexity index is 824. The minimum atomic E-state index is -0.453. The standard InChI is InChI=1S/C17H19ClN6O3/c18-14-11-21-17(23-9-1-2-10-23)22-15(14)16(25)20-8-7-19-12-3-5-13(6-4-12)24(26)27/h3-6,11,19H,1-2,7-10H2,(H,20,25). The first-order valence-electron chi connectivity index (χ1n) is 8.58. The van der Waals surface area contributed by atoms with Crippen LogP contribution in [0.5, 0.6) is 0 Å². The van der Waals surface area contributed by atoms with Crippen molar-refractivity contribution >= 4 is 34.8 Å². The molecule has 0 bridgehead atoms. The number of anilines is 2. The number of rotatable bonds is 7. The first kappa shape index (κ1) is 18.8. The predicted octanol–water partition coefficient (Wildman–Crippen LogP) is 2.48. The number of aromatic nitrogens is 2. The lowest BCUT2D eigenvalue weighted by molar-refractivity contribution is -0.384. The SMILES string of the molecule is O=C(NCCNc1ccc([N+](=O)[O-])cc1)c1nc(N2CCCC2)ncc1Cl. The summed E-state index contributed by atoms with van der Waals surface area (Å²) in [6.45, 7) is 2.55. The molecule has 0 spiro atoms. The van der Waals surface area contributed by atoms with Crippen LogP contribution in [0.15, 0.2) is 30.5 Å². The van der Waals surface area contributed by atoms with Gasteiger partial charge in [0.2, 0.25) is 5.95 Å². The molecular formula is C17H19ClN6O3. The molecule has 2 N–H and O–H groups in total. The van der Waals surface area contributed by atoms with Crippen LogP contribution in [-0.4, -0.2) is 47.0 Å². The lowest BCUT2D eigenvalue weighted by atomic mass is 10.3. The van der Waals surface area contributed by atoms with Crippen LogP contribution in [0.4, 0.5) is 17.3 Å². The minimum absolute atomic E-state index is 0.0288. The van der Waals surface area contributed by atoms with Gasteiger partial charge in [0, 0.05) is 44.0 Å². The zero-order valence-electron chi connectivity index (χ0n) is 14.5. The van der Waals surface area contributed by atoms with Gasteiger partial charge in [-0.3, -0.25) is 14.9 Å². The van der Waals surface area contributed by atoms with Crippen LogP contribution in [-0.2, 0) is 0 Å². The van der Waals surface area contributed by atoms with E-state index in [1.165, 1.54) is 18.3 Å². The molecule has 0 unspecified atom stereocenters. The van der Waals surface area contributed by atoms with E-state index in [-0.39, 0.29) is 22.3 Å². The van der Waals surface area contributed by atoms with Gasteiger partial charge in [-0.1, -0.05) is 11.6 Å². The van der Waals surface area contributed by atoms with Crippen molar-refractivity contribution in [1.29, 1.82) is 0 Å². The largest absolute Gasteiger partial charge is 0.383 e. The molecule has 3 rings (SSSR count). The summed E-state index contributed by atoms with van der Waals surface area (Å²) in [6, 6.07) is 6.07. The molecule has 10 heteroatoms. The van der Waals surface area contributed by atoms with Crippen LogP contribution in [0.3, 0.4) is 0 Å². The number of nitrogens with one attached hydrogen (secondary N) is 2. The van der Waals surface area contributed by atoms with Crippen molar-refractivity contribution in [2.75, 3.05) is 36.4 Å². The van der Waals surface area contributed by atoms with Crippen molar-refractivity contribution in [3.05, 3.63) is 51.3 Å². The topological polar surface area (TPSA) is 113 Å². The lowest BCUT2D eigenvalue weighted by Crippen LogP contribution is -2.30. The lowest BCUT2D eigenvalue weighted by Gasteiger charge is -2.16. The quantitative estimate of drug-likeness (QED) is 0.424. The van der Waals surface area contributed by atoms with E-state index in [0.717, 1.165) is 31.6 Å². The molecular weight excluding hydrogens is 372 g/mol. The number of hydrogen-bond acceptors (Lipinski definition) is 7. The minimum Gasteiger partial charge on any atom is -0.383 e. The molecule has 1 aromatic heterocycles. The highest BCUT2D eigenvalue weighted by Gasteiger charge is 2.19. The van der Waals surface area contributed by atoms with Crippen LogP contribution in [0.2, 0.25) is 5.02 Å². The van der Waals surface area contributed by atoms with Gasteiger partial charge in [-0.25, -0.2) is 9.97 Å². The number of nitro benzene ring substituents is 1. The normalized spacial score (nSPS) is 13.4. The van der Waals surface area contributed by atoms with Crippen molar-refractivity contribution in [2.45, 2.75) is 12.8 Å². The number of amides is 1. The fourth-order valence-electron chi connectivity index (χ4n) is 2.75. The Morgan fingerprint density at radius 3 is 2.59 bits per heavy atom. The summed E-state index contributed by atoms with van der Waals surface area (Å²) in [5.74, 6) is 0.152. The third-order valence-corrected chi connectivity index (χ3v) is 4.43. The second kappa shape index (κ2) is 8.63. The van der Waals surface area contributed by atoms with Gasteiger partial charge in [0.15, 0.2) is 5.69 Å². The Kier molecular flexibility index (Phi) is 6.02. The number of halogens is 1. The highest BCUT2D eigenvalue weighted by molar-refractivity contribution is 6.33. The van der Waals surface area contributed by atoms with Gasteiger partial charge in [0.25, 0.3) is 11.6 Å². The number of carbonyl (C=O) groups is 1. The summed E-state index contributed by atoms with van der Waals surface area (Å²) >= 11 is 6.07. The maximum Gasteiger partial charge on any atom is 0.271 e. The van der Waals surface area contributed by atoms with Crippen LogP contribution < -0.4 is 15.5 Å². The van der Waals surface area contributed by atoms with E-state index in [0.29, 0.717) is 19.0 Å². The zero-order valence-corrected chi connectivity index (χ0v) is 15.3. The molecule has 142 valence electrons. The number of hydrogen-bond donors (Lipinski definition) is 2. The fraction of sp³-hybridized carbons (Fsp3) is 0.353. The van der Waals surface area contributed by atoms with Crippen LogP contribution >= 0.6 is 11.6 Å². The van der Waals surface area contributed by atoms with Crippen molar-refractivity contribution in [3.63, 3.8) is 0 Å². The van der Waals surface area contributed by atoms with Crippen LogP contribution in [0.1, 0.15) is 23.3 Å². The van der Waals surface area contributed by atoms with Crippen molar-refractivity contribution in [3.8, 4) is 0 Å². The molecule has 1 aliphatic rings. The summed E-state index contributed by atoms with van der Waals surface area (Å²) < 4.78 is 0. The van der Waals surface area contributed by atoms with Crippen LogP contribution in [0, 0.1) is 10.1 Å². The Morgan fingerprint density at radius 1 is 1.22 bits per heavy atom. The summed E-state index contributed by atoms with van der Waals surface area (Å²) in [5.41, 5.74) is 0.913. The molecule has 1 fully saturated rings. The molecule has 0 atom stereocenters.